The molecule has 0 heterocycles. The van der Waals surface area contributed by atoms with Crippen molar-refractivity contribution >= 4 is 22.0 Å². The molecule has 1 atom stereocenters. The van der Waals surface area contributed by atoms with E-state index in [2.05, 4.69) is 16.1 Å². The van der Waals surface area contributed by atoms with E-state index in [1.54, 1.807) is 0 Å². The predicted molar refractivity (Wildman–Crippen MR) is 98.8 cm³/mol. The van der Waals surface area contributed by atoms with Crippen molar-refractivity contribution in [3.05, 3.63) is 12.2 Å². The van der Waals surface area contributed by atoms with Crippen molar-refractivity contribution in [3.8, 4) is 0 Å². The lowest BCUT2D eigenvalue weighted by Crippen LogP contribution is -2.64. The van der Waals surface area contributed by atoms with Gasteiger partial charge in [-0.25, -0.2) is 4.79 Å². The van der Waals surface area contributed by atoms with Crippen LogP contribution in [0.4, 0.5) is 30.7 Å². The van der Waals surface area contributed by atoms with Gasteiger partial charge in [0, 0.05) is 24.1 Å². The van der Waals surface area contributed by atoms with Gasteiger partial charge in [-0.15, -0.1) is 0 Å². The molecule has 0 rings (SSSR count). The van der Waals surface area contributed by atoms with E-state index in [1.807, 2.05) is 0 Å². The number of carbonyl (C=O) groups is 2. The maximum Gasteiger partial charge on any atom is 0.466 e. The van der Waals surface area contributed by atoms with E-state index in [9.17, 15) is 48.7 Å². The fourth-order valence-corrected chi connectivity index (χ4v) is 2.99. The van der Waals surface area contributed by atoms with Crippen LogP contribution in [0, 0.1) is 0 Å². The lowest BCUT2D eigenvalue weighted by molar-refractivity contribution is -0.353. The highest BCUT2D eigenvalue weighted by Gasteiger charge is 2.69. The number of carbonyl (C=O) groups excluding carboxylic acids is 2. The van der Waals surface area contributed by atoms with Crippen LogP contribution in [0.15, 0.2) is 12.2 Å². The number of esters is 1. The molecule has 0 aliphatic heterocycles. The Kier molecular flexibility index (Phi) is 9.53. The number of halogens is 7. The van der Waals surface area contributed by atoms with E-state index in [-0.39, 0.29) is 0 Å². The molecular formula is C17H24F7NO7S. The van der Waals surface area contributed by atoms with Gasteiger partial charge < -0.3 is 14.4 Å². The average molecular weight is 519 g/mol. The number of rotatable bonds is 11. The van der Waals surface area contributed by atoms with Crippen molar-refractivity contribution in [3.63, 3.8) is 0 Å². The fraction of sp³-hybridized carbons (Fsp3) is 0.765. The van der Waals surface area contributed by atoms with Crippen LogP contribution in [-0.4, -0.2) is 71.6 Å². The van der Waals surface area contributed by atoms with Crippen LogP contribution in [-0.2, 0) is 29.2 Å². The molecule has 0 radical (unpaired) electrons. The highest BCUT2D eigenvalue weighted by molar-refractivity contribution is 7.87. The van der Waals surface area contributed by atoms with Crippen LogP contribution in [0.1, 0.15) is 41.0 Å². The summed E-state index contributed by atoms with van der Waals surface area (Å²) in [5.74, 6) is -14.1. The van der Waals surface area contributed by atoms with Gasteiger partial charge in [-0.2, -0.15) is 39.2 Å². The fourth-order valence-electron chi connectivity index (χ4n) is 2.51. The second-order valence-electron chi connectivity index (χ2n) is 7.48. The number of nitrogens with zero attached hydrogens (tertiary/aromatic N) is 1. The molecule has 1 amide bonds. The SMILES string of the molecule is C=C(C)C(=O)OC(OCCC(F)(F)C(F)(F)S(=O)(=O)O)(C(=O)N(C(C)C)C(C)C)C(F)(F)F. The Balaban J connectivity index is 6.46. The third-order valence-corrected chi connectivity index (χ3v) is 5.00. The number of hydrogen-bond donors (Lipinski definition) is 1. The van der Waals surface area contributed by atoms with Gasteiger partial charge in [0.1, 0.15) is 0 Å². The Hall–Kier alpha value is -1.94. The van der Waals surface area contributed by atoms with Gasteiger partial charge >= 0.3 is 45.1 Å². The van der Waals surface area contributed by atoms with E-state index >= 15 is 0 Å². The summed E-state index contributed by atoms with van der Waals surface area (Å²) < 4.78 is 134. The topological polar surface area (TPSA) is 110 Å². The van der Waals surface area contributed by atoms with E-state index in [0.717, 1.165) is 6.92 Å². The first-order valence-corrected chi connectivity index (χ1v) is 10.5. The van der Waals surface area contributed by atoms with Crippen molar-refractivity contribution < 1.29 is 62.8 Å². The summed E-state index contributed by atoms with van der Waals surface area (Å²) in [7, 11) is -6.67. The van der Waals surface area contributed by atoms with Gasteiger partial charge in [-0.3, -0.25) is 9.35 Å². The van der Waals surface area contributed by atoms with Crippen LogP contribution in [0.2, 0.25) is 0 Å². The quantitative estimate of drug-likeness (QED) is 0.146. The van der Waals surface area contributed by atoms with Crippen molar-refractivity contribution in [2.24, 2.45) is 0 Å². The summed E-state index contributed by atoms with van der Waals surface area (Å²) in [6.07, 6.45) is -8.32. The zero-order valence-electron chi connectivity index (χ0n) is 18.2. The van der Waals surface area contributed by atoms with Gasteiger partial charge in [0.05, 0.1) is 6.61 Å². The smallest absolute Gasteiger partial charge is 0.412 e. The molecule has 0 bridgehead atoms. The molecular weight excluding hydrogens is 495 g/mol. The van der Waals surface area contributed by atoms with Crippen molar-refractivity contribution in [1.82, 2.24) is 4.90 Å². The molecule has 0 saturated carbocycles. The molecule has 8 nitrogen and oxygen atoms in total. The number of hydrogen-bond acceptors (Lipinski definition) is 6. The van der Waals surface area contributed by atoms with Gasteiger partial charge in [0.25, 0.3) is 0 Å². The van der Waals surface area contributed by atoms with E-state index in [1.165, 1.54) is 27.7 Å². The van der Waals surface area contributed by atoms with Crippen molar-refractivity contribution in [1.29, 1.82) is 0 Å². The summed E-state index contributed by atoms with van der Waals surface area (Å²) in [5, 5.41) is -6.09. The van der Waals surface area contributed by atoms with Crippen LogP contribution >= 0.6 is 0 Å². The Morgan fingerprint density at radius 1 is 1.00 bits per heavy atom. The van der Waals surface area contributed by atoms with Crippen LogP contribution in [0.25, 0.3) is 0 Å². The molecule has 0 spiro atoms. The number of ether oxygens (including phenoxy) is 2. The van der Waals surface area contributed by atoms with E-state index < -0.39 is 75.8 Å². The number of alkyl halides is 7. The highest BCUT2D eigenvalue weighted by atomic mass is 32.2. The molecule has 0 aliphatic rings. The minimum Gasteiger partial charge on any atom is -0.412 e. The maximum absolute atomic E-state index is 14.0. The second-order valence-corrected chi connectivity index (χ2v) is 8.94. The normalized spacial score (nSPS) is 15.4. The van der Waals surface area contributed by atoms with Gasteiger partial charge in [-0.1, -0.05) is 6.58 Å². The third kappa shape index (κ3) is 6.56. The lowest BCUT2D eigenvalue weighted by Gasteiger charge is -2.40. The molecule has 33 heavy (non-hydrogen) atoms. The Morgan fingerprint density at radius 2 is 1.42 bits per heavy atom. The molecule has 1 unspecified atom stereocenters. The minimum absolute atomic E-state index is 0.546. The first kappa shape index (κ1) is 31.1. The first-order valence-electron chi connectivity index (χ1n) is 9.11. The minimum atomic E-state index is -6.67. The average Bonchev–Trinajstić information content (AvgIpc) is 2.57. The van der Waals surface area contributed by atoms with E-state index in [4.69, 9.17) is 4.55 Å². The second kappa shape index (κ2) is 10.1. The predicted octanol–water partition coefficient (Wildman–Crippen LogP) is 3.53. The monoisotopic (exact) mass is 519 g/mol. The van der Waals surface area contributed by atoms with E-state index in [0.29, 0.717) is 4.90 Å². The summed E-state index contributed by atoms with van der Waals surface area (Å²) in [4.78, 5) is 25.3. The lowest BCUT2D eigenvalue weighted by atomic mass is 10.1. The number of amides is 1. The summed E-state index contributed by atoms with van der Waals surface area (Å²) in [5.41, 5.74) is -0.649. The van der Waals surface area contributed by atoms with Crippen LogP contribution < -0.4 is 0 Å². The molecule has 0 aliphatic carbocycles. The Labute approximate surface area is 185 Å². The Bertz CT molecular complexity index is 848. The zero-order valence-corrected chi connectivity index (χ0v) is 19.0. The highest BCUT2D eigenvalue weighted by Crippen LogP contribution is 2.43. The molecule has 0 saturated heterocycles. The molecule has 0 aromatic carbocycles. The molecule has 1 N–H and O–H groups in total. The maximum atomic E-state index is 14.0. The molecule has 0 aromatic rings. The van der Waals surface area contributed by atoms with Crippen molar-refractivity contribution in [2.45, 2.75) is 76.3 Å². The summed E-state index contributed by atoms with van der Waals surface area (Å²) in [6.45, 7) is 7.01. The van der Waals surface area contributed by atoms with Gasteiger partial charge in [0.2, 0.25) is 0 Å². The van der Waals surface area contributed by atoms with Gasteiger partial charge in [0.15, 0.2) is 0 Å². The summed E-state index contributed by atoms with van der Waals surface area (Å²) in [6, 6.07) is -1.92. The standard InChI is InChI=1S/C17H24F7NO7S/c1-9(2)12(26)32-15(16(20,21)22,13(27)25(10(3)4)11(5)6)31-8-7-14(18,19)17(23,24)33(28,29)30/h10-11H,1,7-8H2,2-6H3,(H,28,29,30). The first-order chi connectivity index (χ1) is 14.5. The van der Waals surface area contributed by atoms with Crippen LogP contribution in [0.3, 0.4) is 0 Å². The molecule has 0 fully saturated rings. The van der Waals surface area contributed by atoms with Crippen LogP contribution in [0.5, 0.6) is 0 Å². The van der Waals surface area contributed by atoms with Crippen molar-refractivity contribution in [2.75, 3.05) is 6.61 Å². The molecule has 0 aromatic heterocycles. The van der Waals surface area contributed by atoms with Gasteiger partial charge in [-0.05, 0) is 34.6 Å². The molecule has 194 valence electrons. The summed E-state index contributed by atoms with van der Waals surface area (Å²) >= 11 is 0. The molecule has 16 heteroatoms. The zero-order chi connectivity index (χ0) is 26.8. The largest absolute Gasteiger partial charge is 0.466 e. The Morgan fingerprint density at radius 3 is 1.73 bits per heavy atom. The third-order valence-electron chi connectivity index (χ3n) is 4.06.